The number of rotatable bonds is 3. The van der Waals surface area contributed by atoms with Crippen LogP contribution in [0.5, 0.6) is 0 Å². The Morgan fingerprint density at radius 1 is 1.62 bits per heavy atom. The lowest BCUT2D eigenvalue weighted by Gasteiger charge is -2.20. The van der Waals surface area contributed by atoms with Crippen molar-refractivity contribution < 1.29 is 0 Å². The van der Waals surface area contributed by atoms with Gasteiger partial charge in [-0.1, -0.05) is 18.0 Å². The van der Waals surface area contributed by atoms with Crippen molar-refractivity contribution in [1.82, 2.24) is 5.32 Å². The minimum atomic E-state index is 0.177. The van der Waals surface area contributed by atoms with Gasteiger partial charge in [0.15, 0.2) is 0 Å². The number of nitrogens with one attached hydrogen (secondary N) is 1. The highest BCUT2D eigenvalue weighted by molar-refractivity contribution is 7.14. The molecule has 0 bridgehead atoms. The summed E-state index contributed by atoms with van der Waals surface area (Å²) in [6, 6.07) is 5.02. The Kier molecular flexibility index (Phi) is 3.86. The Morgan fingerprint density at radius 2 is 2.44 bits per heavy atom. The molecule has 86 valence electrons. The minimum absolute atomic E-state index is 0.177. The number of nitriles is 1. The maximum absolute atomic E-state index is 9.01. The molecule has 0 saturated heterocycles. The van der Waals surface area contributed by atoms with Crippen molar-refractivity contribution >= 4 is 22.9 Å². The van der Waals surface area contributed by atoms with Gasteiger partial charge in [-0.05, 0) is 36.8 Å². The summed E-state index contributed by atoms with van der Waals surface area (Å²) in [7, 11) is 0. The molecule has 0 spiro atoms. The van der Waals surface area contributed by atoms with E-state index in [-0.39, 0.29) is 12.0 Å². The Bertz CT molecular complexity index is 396. The van der Waals surface area contributed by atoms with Crippen LogP contribution < -0.4 is 5.32 Å². The molecule has 2 nitrogen and oxygen atoms in total. The number of hydrogen-bond acceptors (Lipinski definition) is 3. The smallest absolute Gasteiger partial charge is 0.0931 e. The molecule has 0 amide bonds. The average Bonchev–Trinajstić information content (AvgIpc) is 2.86. The molecule has 1 fully saturated rings. The lowest BCUT2D eigenvalue weighted by molar-refractivity contribution is 0.418. The summed E-state index contributed by atoms with van der Waals surface area (Å²) in [4.78, 5) is 0. The highest BCUT2D eigenvalue weighted by Gasteiger charge is 2.28. The van der Waals surface area contributed by atoms with E-state index < -0.39 is 0 Å². The normalized spacial score (nSPS) is 26.6. The maximum Gasteiger partial charge on any atom is 0.0931 e. The minimum Gasteiger partial charge on any atom is -0.306 e. The van der Waals surface area contributed by atoms with E-state index >= 15 is 0 Å². The Labute approximate surface area is 105 Å². The van der Waals surface area contributed by atoms with Gasteiger partial charge in [0.2, 0.25) is 0 Å². The second-order valence-corrected chi connectivity index (χ2v) is 5.89. The zero-order valence-electron chi connectivity index (χ0n) is 9.24. The second kappa shape index (κ2) is 5.18. The van der Waals surface area contributed by atoms with Gasteiger partial charge < -0.3 is 5.32 Å². The average molecular weight is 255 g/mol. The van der Waals surface area contributed by atoms with E-state index in [0.29, 0.717) is 6.04 Å². The molecule has 3 unspecified atom stereocenters. The topological polar surface area (TPSA) is 35.8 Å². The fourth-order valence-corrected chi connectivity index (χ4v) is 3.27. The molecule has 1 aromatic rings. The number of thiophene rings is 1. The second-order valence-electron chi connectivity index (χ2n) is 4.35. The highest BCUT2D eigenvalue weighted by Crippen LogP contribution is 2.29. The van der Waals surface area contributed by atoms with Crippen LogP contribution in [0.1, 0.15) is 37.8 Å². The first-order valence-corrected chi connectivity index (χ1v) is 6.86. The van der Waals surface area contributed by atoms with Crippen molar-refractivity contribution in [2.75, 3.05) is 0 Å². The molecule has 1 heterocycles. The SMILES string of the molecule is CC(NC1CCCC1C#N)c1csc(Cl)c1. The van der Waals surface area contributed by atoms with Gasteiger partial charge in [0.1, 0.15) is 0 Å². The molecule has 0 aromatic carbocycles. The molecule has 1 N–H and O–H groups in total. The zero-order valence-corrected chi connectivity index (χ0v) is 10.8. The van der Waals surface area contributed by atoms with E-state index in [1.165, 1.54) is 5.56 Å². The fourth-order valence-electron chi connectivity index (χ4n) is 2.28. The molecular weight excluding hydrogens is 240 g/mol. The van der Waals surface area contributed by atoms with Gasteiger partial charge in [0.25, 0.3) is 0 Å². The van der Waals surface area contributed by atoms with E-state index in [2.05, 4.69) is 23.7 Å². The Hall–Kier alpha value is -0.560. The van der Waals surface area contributed by atoms with Gasteiger partial charge in [-0.15, -0.1) is 11.3 Å². The molecule has 2 rings (SSSR count). The van der Waals surface area contributed by atoms with Crippen molar-refractivity contribution in [3.8, 4) is 6.07 Å². The predicted octanol–water partition coefficient (Wildman–Crippen LogP) is 3.74. The van der Waals surface area contributed by atoms with Gasteiger partial charge in [-0.25, -0.2) is 0 Å². The van der Waals surface area contributed by atoms with E-state index in [4.69, 9.17) is 16.9 Å². The molecule has 1 saturated carbocycles. The van der Waals surface area contributed by atoms with Crippen molar-refractivity contribution in [1.29, 1.82) is 5.26 Å². The van der Waals surface area contributed by atoms with Gasteiger partial charge in [-0.3, -0.25) is 0 Å². The number of nitrogens with zero attached hydrogens (tertiary/aromatic N) is 1. The van der Waals surface area contributed by atoms with Crippen molar-refractivity contribution in [3.63, 3.8) is 0 Å². The summed E-state index contributed by atoms with van der Waals surface area (Å²) < 4.78 is 0.826. The fraction of sp³-hybridized carbons (Fsp3) is 0.583. The summed E-state index contributed by atoms with van der Waals surface area (Å²) in [5, 5.41) is 14.6. The summed E-state index contributed by atoms with van der Waals surface area (Å²) in [5.74, 6) is 0.177. The lowest BCUT2D eigenvalue weighted by Crippen LogP contribution is -2.33. The Morgan fingerprint density at radius 3 is 3.06 bits per heavy atom. The van der Waals surface area contributed by atoms with E-state index in [9.17, 15) is 0 Å². The molecule has 4 heteroatoms. The third-order valence-corrected chi connectivity index (χ3v) is 4.34. The summed E-state index contributed by atoms with van der Waals surface area (Å²) in [5.41, 5.74) is 1.22. The van der Waals surface area contributed by atoms with Crippen LogP contribution in [0, 0.1) is 17.2 Å². The molecule has 16 heavy (non-hydrogen) atoms. The molecular formula is C12H15ClN2S. The first-order valence-electron chi connectivity index (χ1n) is 5.60. The Balaban J connectivity index is 1.97. The number of hydrogen-bond donors (Lipinski definition) is 1. The van der Waals surface area contributed by atoms with Gasteiger partial charge in [-0.2, -0.15) is 5.26 Å². The maximum atomic E-state index is 9.01. The van der Waals surface area contributed by atoms with Crippen LogP contribution in [-0.4, -0.2) is 6.04 Å². The van der Waals surface area contributed by atoms with E-state index in [1.807, 2.05) is 6.07 Å². The van der Waals surface area contributed by atoms with Crippen LogP contribution >= 0.6 is 22.9 Å². The first-order chi connectivity index (χ1) is 7.70. The van der Waals surface area contributed by atoms with Crippen LogP contribution in [0.25, 0.3) is 0 Å². The number of halogens is 1. The molecule has 1 aliphatic rings. The van der Waals surface area contributed by atoms with Crippen LogP contribution in [-0.2, 0) is 0 Å². The highest BCUT2D eigenvalue weighted by atomic mass is 35.5. The van der Waals surface area contributed by atoms with E-state index in [0.717, 1.165) is 23.6 Å². The third kappa shape index (κ3) is 2.57. The monoisotopic (exact) mass is 254 g/mol. The largest absolute Gasteiger partial charge is 0.306 e. The van der Waals surface area contributed by atoms with Crippen molar-refractivity contribution in [2.24, 2.45) is 5.92 Å². The predicted molar refractivity (Wildman–Crippen MR) is 67.6 cm³/mol. The standard InChI is InChI=1S/C12H15ClN2S/c1-8(10-5-12(13)16-7-10)15-11-4-2-3-9(11)6-14/h5,7-9,11,15H,2-4H2,1H3. The molecule has 1 aromatic heterocycles. The summed E-state index contributed by atoms with van der Waals surface area (Å²) >= 11 is 7.47. The summed E-state index contributed by atoms with van der Waals surface area (Å²) in [6.07, 6.45) is 3.30. The van der Waals surface area contributed by atoms with Crippen LogP contribution in [0.15, 0.2) is 11.4 Å². The van der Waals surface area contributed by atoms with Crippen LogP contribution in [0.3, 0.4) is 0 Å². The first kappa shape index (κ1) is 11.9. The van der Waals surface area contributed by atoms with Gasteiger partial charge >= 0.3 is 0 Å². The van der Waals surface area contributed by atoms with Crippen LogP contribution in [0.2, 0.25) is 4.34 Å². The summed E-state index contributed by atoms with van der Waals surface area (Å²) in [6.45, 7) is 2.13. The van der Waals surface area contributed by atoms with Crippen LogP contribution in [0.4, 0.5) is 0 Å². The zero-order chi connectivity index (χ0) is 11.5. The van der Waals surface area contributed by atoms with Crippen molar-refractivity contribution in [2.45, 2.75) is 38.3 Å². The third-order valence-electron chi connectivity index (χ3n) is 3.23. The molecule has 0 radical (unpaired) electrons. The van der Waals surface area contributed by atoms with Crippen molar-refractivity contribution in [3.05, 3.63) is 21.3 Å². The molecule has 1 aliphatic carbocycles. The van der Waals surface area contributed by atoms with Gasteiger partial charge in [0.05, 0.1) is 16.3 Å². The lowest BCUT2D eigenvalue weighted by atomic mass is 10.0. The quantitative estimate of drug-likeness (QED) is 0.892. The van der Waals surface area contributed by atoms with E-state index in [1.54, 1.807) is 11.3 Å². The molecule has 3 atom stereocenters. The van der Waals surface area contributed by atoms with Gasteiger partial charge in [0, 0.05) is 12.1 Å². The molecule has 0 aliphatic heterocycles.